The molecule has 0 aliphatic heterocycles. The second kappa shape index (κ2) is 5.29. The number of esters is 1. The van der Waals surface area contributed by atoms with Crippen molar-refractivity contribution in [2.24, 2.45) is 0 Å². The number of rotatable bonds is 3. The molecular formula is C12H13F3O3. The minimum absolute atomic E-state index is 0.0198. The molecule has 0 amide bonds. The van der Waals surface area contributed by atoms with Gasteiger partial charge in [0.25, 0.3) is 0 Å². The first kappa shape index (κ1) is 14.3. The van der Waals surface area contributed by atoms with Gasteiger partial charge in [0, 0.05) is 0 Å². The molecule has 0 aliphatic carbocycles. The van der Waals surface area contributed by atoms with E-state index in [0.29, 0.717) is 0 Å². The fourth-order valence-electron chi connectivity index (χ4n) is 1.27. The van der Waals surface area contributed by atoms with Crippen LogP contribution in [0, 0.1) is 6.92 Å². The summed E-state index contributed by atoms with van der Waals surface area (Å²) in [5.74, 6) is -0.875. The summed E-state index contributed by atoms with van der Waals surface area (Å²) in [7, 11) is 1.15. The highest BCUT2D eigenvalue weighted by Gasteiger charge is 2.38. The third-order valence-electron chi connectivity index (χ3n) is 2.31. The maximum atomic E-state index is 12.4. The van der Waals surface area contributed by atoms with Gasteiger partial charge in [-0.3, -0.25) is 0 Å². The van der Waals surface area contributed by atoms with Crippen molar-refractivity contribution < 1.29 is 27.4 Å². The summed E-state index contributed by atoms with van der Waals surface area (Å²) < 4.78 is 46.4. The number of hydrogen-bond acceptors (Lipinski definition) is 3. The lowest BCUT2D eigenvalue weighted by Gasteiger charge is -2.19. The number of ether oxygens (including phenoxy) is 2. The van der Waals surface area contributed by atoms with Crippen molar-refractivity contribution in [2.45, 2.75) is 26.1 Å². The first-order valence-corrected chi connectivity index (χ1v) is 5.18. The van der Waals surface area contributed by atoms with E-state index in [1.54, 1.807) is 13.0 Å². The summed E-state index contributed by atoms with van der Waals surface area (Å²) in [6.07, 6.45) is -6.48. The van der Waals surface area contributed by atoms with Crippen LogP contribution in [0.1, 0.15) is 22.8 Å². The van der Waals surface area contributed by atoms with E-state index in [-0.39, 0.29) is 11.3 Å². The molecule has 1 unspecified atom stereocenters. The number of methoxy groups -OCH3 is 1. The summed E-state index contributed by atoms with van der Waals surface area (Å²) in [5.41, 5.74) is 0.705. The molecule has 0 radical (unpaired) electrons. The van der Waals surface area contributed by atoms with Crippen molar-refractivity contribution in [1.82, 2.24) is 0 Å². The SMILES string of the molecule is COC(=O)c1cc(C)ccc1OC(C)C(F)(F)F. The van der Waals surface area contributed by atoms with Crippen LogP contribution in [-0.2, 0) is 4.74 Å². The van der Waals surface area contributed by atoms with Crippen LogP contribution < -0.4 is 4.74 Å². The average Bonchev–Trinajstić information content (AvgIpc) is 2.29. The Bertz CT molecular complexity index is 441. The van der Waals surface area contributed by atoms with Crippen LogP contribution in [0.2, 0.25) is 0 Å². The topological polar surface area (TPSA) is 35.5 Å². The largest absolute Gasteiger partial charge is 0.480 e. The Kier molecular flexibility index (Phi) is 4.21. The Balaban J connectivity index is 3.05. The molecule has 0 saturated carbocycles. The summed E-state index contributed by atoms with van der Waals surface area (Å²) in [6.45, 7) is 2.59. The van der Waals surface area contributed by atoms with Gasteiger partial charge in [0.15, 0.2) is 6.10 Å². The van der Waals surface area contributed by atoms with Crippen molar-refractivity contribution in [3.63, 3.8) is 0 Å². The molecule has 100 valence electrons. The zero-order valence-corrected chi connectivity index (χ0v) is 10.2. The lowest BCUT2D eigenvalue weighted by molar-refractivity contribution is -0.189. The monoisotopic (exact) mass is 262 g/mol. The summed E-state index contributed by atoms with van der Waals surface area (Å²) >= 11 is 0. The van der Waals surface area contributed by atoms with Crippen molar-refractivity contribution in [2.75, 3.05) is 7.11 Å². The lowest BCUT2D eigenvalue weighted by Crippen LogP contribution is -2.31. The molecule has 1 atom stereocenters. The molecule has 0 bridgehead atoms. The Morgan fingerprint density at radius 1 is 1.33 bits per heavy atom. The predicted octanol–water partition coefficient (Wildman–Crippen LogP) is 3.11. The third-order valence-corrected chi connectivity index (χ3v) is 2.31. The zero-order valence-electron chi connectivity index (χ0n) is 10.2. The molecule has 0 saturated heterocycles. The first-order valence-electron chi connectivity index (χ1n) is 5.18. The van der Waals surface area contributed by atoms with Gasteiger partial charge >= 0.3 is 12.1 Å². The van der Waals surface area contributed by atoms with E-state index >= 15 is 0 Å². The van der Waals surface area contributed by atoms with E-state index in [1.807, 2.05) is 0 Å². The minimum atomic E-state index is -4.49. The molecule has 1 aromatic rings. The molecular weight excluding hydrogens is 249 g/mol. The molecule has 6 heteroatoms. The fraction of sp³-hybridized carbons (Fsp3) is 0.417. The molecule has 0 fully saturated rings. The maximum Gasteiger partial charge on any atom is 0.425 e. The van der Waals surface area contributed by atoms with Crippen LogP contribution in [0.3, 0.4) is 0 Å². The summed E-state index contributed by atoms with van der Waals surface area (Å²) in [4.78, 5) is 11.4. The Morgan fingerprint density at radius 3 is 2.44 bits per heavy atom. The van der Waals surface area contributed by atoms with Gasteiger partial charge in [-0.25, -0.2) is 4.79 Å². The number of aryl methyl sites for hydroxylation is 1. The number of halogens is 3. The van der Waals surface area contributed by atoms with Crippen LogP contribution in [0.25, 0.3) is 0 Å². The van der Waals surface area contributed by atoms with Crippen LogP contribution in [0.4, 0.5) is 13.2 Å². The second-order valence-corrected chi connectivity index (χ2v) is 3.79. The molecule has 0 heterocycles. The molecule has 0 aromatic heterocycles. The summed E-state index contributed by atoms with van der Waals surface area (Å²) in [6, 6.07) is 4.30. The van der Waals surface area contributed by atoms with E-state index in [0.717, 1.165) is 19.6 Å². The predicted molar refractivity (Wildman–Crippen MR) is 58.7 cm³/mol. The molecule has 1 rings (SSSR count). The molecule has 0 spiro atoms. The van der Waals surface area contributed by atoms with Crippen LogP contribution in [-0.4, -0.2) is 25.4 Å². The van der Waals surface area contributed by atoms with E-state index in [2.05, 4.69) is 4.74 Å². The highest BCUT2D eigenvalue weighted by atomic mass is 19.4. The van der Waals surface area contributed by atoms with Gasteiger partial charge in [-0.05, 0) is 26.0 Å². The van der Waals surface area contributed by atoms with Gasteiger partial charge in [0.2, 0.25) is 0 Å². The van der Waals surface area contributed by atoms with Gasteiger partial charge in [-0.1, -0.05) is 11.6 Å². The first-order chi connectivity index (χ1) is 8.25. The maximum absolute atomic E-state index is 12.4. The number of hydrogen-bond donors (Lipinski definition) is 0. The van der Waals surface area contributed by atoms with Gasteiger partial charge in [0.05, 0.1) is 7.11 Å². The van der Waals surface area contributed by atoms with Crippen molar-refractivity contribution in [3.8, 4) is 5.75 Å². The minimum Gasteiger partial charge on any atom is -0.480 e. The van der Waals surface area contributed by atoms with Crippen molar-refractivity contribution >= 4 is 5.97 Å². The van der Waals surface area contributed by atoms with E-state index in [4.69, 9.17) is 4.74 Å². The van der Waals surface area contributed by atoms with E-state index in [1.165, 1.54) is 12.1 Å². The number of benzene rings is 1. The molecule has 0 aliphatic rings. The number of alkyl halides is 3. The lowest BCUT2D eigenvalue weighted by atomic mass is 10.1. The Hall–Kier alpha value is -1.72. The second-order valence-electron chi connectivity index (χ2n) is 3.79. The molecule has 0 N–H and O–H groups in total. The van der Waals surface area contributed by atoms with Gasteiger partial charge in [-0.15, -0.1) is 0 Å². The molecule has 1 aromatic carbocycles. The summed E-state index contributed by atoms with van der Waals surface area (Å²) in [5, 5.41) is 0. The van der Waals surface area contributed by atoms with Crippen molar-refractivity contribution in [3.05, 3.63) is 29.3 Å². The fourth-order valence-corrected chi connectivity index (χ4v) is 1.27. The van der Waals surface area contributed by atoms with E-state index < -0.39 is 18.2 Å². The molecule has 18 heavy (non-hydrogen) atoms. The van der Waals surface area contributed by atoms with Crippen LogP contribution in [0.15, 0.2) is 18.2 Å². The quantitative estimate of drug-likeness (QED) is 0.785. The smallest absolute Gasteiger partial charge is 0.425 e. The average molecular weight is 262 g/mol. The Labute approximate surface area is 103 Å². The highest BCUT2D eigenvalue weighted by molar-refractivity contribution is 5.92. The normalized spacial score (nSPS) is 13.0. The standard InChI is InChI=1S/C12H13F3O3/c1-7-4-5-10(9(6-7)11(16)17-3)18-8(2)12(13,14)15/h4-6,8H,1-3H3. The number of carbonyl (C=O) groups excluding carboxylic acids is 1. The van der Waals surface area contributed by atoms with Crippen LogP contribution in [0.5, 0.6) is 5.75 Å². The van der Waals surface area contributed by atoms with Crippen molar-refractivity contribution in [1.29, 1.82) is 0 Å². The highest BCUT2D eigenvalue weighted by Crippen LogP contribution is 2.28. The third kappa shape index (κ3) is 3.38. The zero-order chi connectivity index (χ0) is 13.9. The van der Waals surface area contributed by atoms with E-state index in [9.17, 15) is 18.0 Å². The Morgan fingerprint density at radius 2 is 1.94 bits per heavy atom. The number of carbonyl (C=O) groups is 1. The van der Waals surface area contributed by atoms with Gasteiger partial charge in [0.1, 0.15) is 11.3 Å². The van der Waals surface area contributed by atoms with Gasteiger partial charge in [-0.2, -0.15) is 13.2 Å². The molecule has 3 nitrogen and oxygen atoms in total. The van der Waals surface area contributed by atoms with Gasteiger partial charge < -0.3 is 9.47 Å². The van der Waals surface area contributed by atoms with Crippen LogP contribution >= 0.6 is 0 Å².